The summed E-state index contributed by atoms with van der Waals surface area (Å²) in [5.41, 5.74) is 7.19. The van der Waals surface area contributed by atoms with Gasteiger partial charge in [-0.3, -0.25) is 0 Å². The van der Waals surface area contributed by atoms with Crippen LogP contribution >= 0.6 is 0 Å². The summed E-state index contributed by atoms with van der Waals surface area (Å²) in [5.74, 6) is 0.517. The van der Waals surface area contributed by atoms with E-state index in [9.17, 15) is 8.42 Å². The van der Waals surface area contributed by atoms with Gasteiger partial charge in [-0.2, -0.15) is 0 Å². The molecular weight excluding hydrogens is 260 g/mol. The lowest BCUT2D eigenvalue weighted by Gasteiger charge is -2.38. The van der Waals surface area contributed by atoms with Gasteiger partial charge in [0, 0.05) is 31.1 Å². The molecule has 1 heterocycles. The van der Waals surface area contributed by atoms with E-state index in [2.05, 4.69) is 11.8 Å². The van der Waals surface area contributed by atoms with E-state index in [1.807, 2.05) is 12.1 Å². The van der Waals surface area contributed by atoms with Crippen LogP contribution in [-0.4, -0.2) is 33.8 Å². The average Bonchev–Trinajstić information content (AvgIpc) is 2.38. The number of nitrogens with two attached hydrogens (primary N) is 1. The van der Waals surface area contributed by atoms with Crippen LogP contribution in [0.15, 0.2) is 29.2 Å². The third-order valence-corrected chi connectivity index (χ3v) is 5.08. The van der Waals surface area contributed by atoms with Crippen molar-refractivity contribution in [2.75, 3.05) is 24.2 Å². The molecule has 1 aromatic rings. The predicted molar refractivity (Wildman–Crippen MR) is 78.1 cm³/mol. The van der Waals surface area contributed by atoms with Gasteiger partial charge in [0.1, 0.15) is 0 Å². The molecular formula is C14H22N2O2S. The van der Waals surface area contributed by atoms with Crippen LogP contribution in [0.3, 0.4) is 0 Å². The van der Waals surface area contributed by atoms with Gasteiger partial charge >= 0.3 is 0 Å². The van der Waals surface area contributed by atoms with E-state index >= 15 is 0 Å². The number of rotatable bonds is 3. The van der Waals surface area contributed by atoms with Gasteiger partial charge in [-0.1, -0.05) is 13.3 Å². The normalized spacial score (nSPS) is 24.5. The molecule has 4 nitrogen and oxygen atoms in total. The summed E-state index contributed by atoms with van der Waals surface area (Å²) < 4.78 is 22.9. The Labute approximate surface area is 115 Å². The zero-order valence-corrected chi connectivity index (χ0v) is 12.4. The molecule has 0 aromatic heterocycles. The molecule has 19 heavy (non-hydrogen) atoms. The number of anilines is 1. The standard InChI is InChI=1S/C14H22N2O2S/c1-3-11-10-16(9-8-14(11)15)12-4-6-13(7-5-12)19(2,17)18/h4-7,11,14H,3,8-10,15H2,1-2H3. The van der Waals surface area contributed by atoms with Crippen LogP contribution in [0.25, 0.3) is 0 Å². The molecule has 2 N–H and O–H groups in total. The minimum Gasteiger partial charge on any atom is -0.371 e. The topological polar surface area (TPSA) is 63.4 Å². The zero-order valence-electron chi connectivity index (χ0n) is 11.5. The molecule has 1 aromatic carbocycles. The molecule has 0 saturated carbocycles. The molecule has 1 aliphatic rings. The minimum atomic E-state index is -3.11. The van der Waals surface area contributed by atoms with Crippen LogP contribution in [0.2, 0.25) is 0 Å². The fraction of sp³-hybridized carbons (Fsp3) is 0.571. The summed E-state index contributed by atoms with van der Waals surface area (Å²) in [6, 6.07) is 7.43. The van der Waals surface area contributed by atoms with Crippen LogP contribution in [0.1, 0.15) is 19.8 Å². The number of benzene rings is 1. The second-order valence-electron chi connectivity index (χ2n) is 5.33. The van der Waals surface area contributed by atoms with Crippen molar-refractivity contribution in [2.45, 2.75) is 30.7 Å². The van der Waals surface area contributed by atoms with E-state index < -0.39 is 9.84 Å². The summed E-state index contributed by atoms with van der Waals surface area (Å²) in [6.07, 6.45) is 3.31. The molecule has 5 heteroatoms. The number of nitrogens with zero attached hydrogens (tertiary/aromatic N) is 1. The van der Waals surface area contributed by atoms with Gasteiger partial charge < -0.3 is 10.6 Å². The highest BCUT2D eigenvalue weighted by molar-refractivity contribution is 7.90. The first-order valence-corrected chi connectivity index (χ1v) is 8.61. The van der Waals surface area contributed by atoms with Gasteiger partial charge in [-0.05, 0) is 36.6 Å². The summed E-state index contributed by atoms with van der Waals surface area (Å²) in [6.45, 7) is 4.06. The smallest absolute Gasteiger partial charge is 0.175 e. The van der Waals surface area contributed by atoms with Crippen LogP contribution in [0.5, 0.6) is 0 Å². The Bertz CT molecular complexity index is 525. The van der Waals surface area contributed by atoms with E-state index in [4.69, 9.17) is 5.73 Å². The minimum absolute atomic E-state index is 0.288. The summed E-state index contributed by atoms with van der Waals surface area (Å²) in [7, 11) is -3.11. The van der Waals surface area contributed by atoms with Crippen LogP contribution in [0.4, 0.5) is 5.69 Å². The average molecular weight is 282 g/mol. The molecule has 0 radical (unpaired) electrons. The van der Waals surface area contributed by atoms with Crippen molar-refractivity contribution < 1.29 is 8.42 Å². The first kappa shape index (κ1) is 14.3. The lowest BCUT2D eigenvalue weighted by atomic mass is 9.90. The van der Waals surface area contributed by atoms with Gasteiger partial charge in [0.25, 0.3) is 0 Å². The third kappa shape index (κ3) is 3.28. The molecule has 1 saturated heterocycles. The molecule has 2 atom stereocenters. The first-order chi connectivity index (χ1) is 8.91. The summed E-state index contributed by atoms with van der Waals surface area (Å²) in [4.78, 5) is 2.67. The fourth-order valence-electron chi connectivity index (χ4n) is 2.62. The van der Waals surface area contributed by atoms with Crippen molar-refractivity contribution in [2.24, 2.45) is 11.7 Å². The Kier molecular flexibility index (Phi) is 4.16. The Morgan fingerprint density at radius 1 is 1.32 bits per heavy atom. The maximum atomic E-state index is 11.4. The van der Waals surface area contributed by atoms with Crippen LogP contribution in [0, 0.1) is 5.92 Å². The Balaban J connectivity index is 2.15. The van der Waals surface area contributed by atoms with Gasteiger partial charge in [0.05, 0.1) is 4.90 Å². The quantitative estimate of drug-likeness (QED) is 0.915. The largest absolute Gasteiger partial charge is 0.371 e. The molecule has 0 bridgehead atoms. The lowest BCUT2D eigenvalue weighted by molar-refractivity contribution is 0.348. The Morgan fingerprint density at radius 3 is 2.47 bits per heavy atom. The molecule has 1 fully saturated rings. The highest BCUT2D eigenvalue weighted by atomic mass is 32.2. The summed E-state index contributed by atoms with van der Waals surface area (Å²) >= 11 is 0. The number of hydrogen-bond acceptors (Lipinski definition) is 4. The van der Waals surface area contributed by atoms with Gasteiger partial charge in [-0.15, -0.1) is 0 Å². The third-order valence-electron chi connectivity index (χ3n) is 3.95. The van der Waals surface area contributed by atoms with E-state index in [0.29, 0.717) is 10.8 Å². The van der Waals surface area contributed by atoms with Crippen molar-refractivity contribution in [3.63, 3.8) is 0 Å². The Morgan fingerprint density at radius 2 is 1.95 bits per heavy atom. The van der Waals surface area contributed by atoms with Crippen molar-refractivity contribution in [3.8, 4) is 0 Å². The zero-order chi connectivity index (χ0) is 14.0. The molecule has 106 valence electrons. The SMILES string of the molecule is CCC1CN(c2ccc(S(C)(=O)=O)cc2)CCC1N. The maximum absolute atomic E-state index is 11.4. The van der Waals surface area contributed by atoms with Gasteiger partial charge in [0.15, 0.2) is 9.84 Å². The molecule has 0 amide bonds. The molecule has 1 aliphatic heterocycles. The Hall–Kier alpha value is -1.07. The number of sulfone groups is 1. The number of piperidine rings is 1. The highest BCUT2D eigenvalue weighted by Crippen LogP contribution is 2.25. The van der Waals surface area contributed by atoms with Crippen LogP contribution in [-0.2, 0) is 9.84 Å². The van der Waals surface area contributed by atoms with Crippen molar-refractivity contribution in [1.82, 2.24) is 0 Å². The van der Waals surface area contributed by atoms with E-state index in [0.717, 1.165) is 31.6 Å². The second kappa shape index (κ2) is 5.51. The van der Waals surface area contributed by atoms with Crippen molar-refractivity contribution in [3.05, 3.63) is 24.3 Å². The van der Waals surface area contributed by atoms with E-state index in [-0.39, 0.29) is 6.04 Å². The predicted octanol–water partition coefficient (Wildman–Crippen LogP) is 1.65. The molecule has 2 unspecified atom stereocenters. The molecule has 0 aliphatic carbocycles. The van der Waals surface area contributed by atoms with Gasteiger partial charge in [0.2, 0.25) is 0 Å². The fourth-order valence-corrected chi connectivity index (χ4v) is 3.25. The first-order valence-electron chi connectivity index (χ1n) is 6.72. The van der Waals surface area contributed by atoms with E-state index in [1.54, 1.807) is 12.1 Å². The van der Waals surface area contributed by atoms with E-state index in [1.165, 1.54) is 6.26 Å². The van der Waals surface area contributed by atoms with Crippen LogP contribution < -0.4 is 10.6 Å². The second-order valence-corrected chi connectivity index (χ2v) is 7.35. The summed E-state index contributed by atoms with van der Waals surface area (Å²) in [5, 5.41) is 0. The monoisotopic (exact) mass is 282 g/mol. The highest BCUT2D eigenvalue weighted by Gasteiger charge is 2.25. The van der Waals surface area contributed by atoms with Gasteiger partial charge in [-0.25, -0.2) is 8.42 Å². The maximum Gasteiger partial charge on any atom is 0.175 e. The number of hydrogen-bond donors (Lipinski definition) is 1. The lowest BCUT2D eigenvalue weighted by Crippen LogP contribution is -2.46. The molecule has 0 spiro atoms. The molecule has 2 rings (SSSR count). The van der Waals surface area contributed by atoms with Crippen molar-refractivity contribution in [1.29, 1.82) is 0 Å². The van der Waals surface area contributed by atoms with Crippen molar-refractivity contribution >= 4 is 15.5 Å².